The van der Waals surface area contributed by atoms with Crippen LogP contribution in [0.2, 0.25) is 0 Å². The number of nitrogens with zero attached hydrogens (tertiary/aromatic N) is 2. The molecule has 0 radical (unpaired) electrons. The minimum atomic E-state index is 0.0972. The average molecular weight is 291 g/mol. The molecule has 2 N–H and O–H groups in total. The van der Waals surface area contributed by atoms with Crippen LogP contribution in [0, 0.1) is 0 Å². The number of nitrogens with two attached hydrogens (primary N) is 1. The first-order chi connectivity index (χ1) is 9.93. The van der Waals surface area contributed by atoms with Gasteiger partial charge in [0.2, 0.25) is 0 Å². The van der Waals surface area contributed by atoms with Gasteiger partial charge in [0.25, 0.3) is 0 Å². The molecule has 0 aliphatic heterocycles. The SMILES string of the molecule is CCCN(CCN(C)C)CC(N)c1ccc(C(C)C)cc1. The standard InChI is InChI=1S/C18H33N3/c1-6-11-21(13-12-20(4)5)14-18(19)17-9-7-16(8-10-17)15(2)3/h7-10,15,18H,6,11-14,19H2,1-5H3. The van der Waals surface area contributed by atoms with Gasteiger partial charge >= 0.3 is 0 Å². The van der Waals surface area contributed by atoms with E-state index in [0.717, 1.165) is 26.2 Å². The Hall–Kier alpha value is -0.900. The van der Waals surface area contributed by atoms with E-state index in [9.17, 15) is 0 Å². The molecule has 1 aromatic carbocycles. The lowest BCUT2D eigenvalue weighted by atomic mass is 9.99. The first kappa shape index (κ1) is 18.1. The van der Waals surface area contributed by atoms with E-state index in [0.29, 0.717) is 5.92 Å². The lowest BCUT2D eigenvalue weighted by Gasteiger charge is -2.27. The molecule has 0 fully saturated rings. The summed E-state index contributed by atoms with van der Waals surface area (Å²) < 4.78 is 0. The molecule has 0 amide bonds. The number of hydrogen-bond acceptors (Lipinski definition) is 3. The number of hydrogen-bond donors (Lipinski definition) is 1. The van der Waals surface area contributed by atoms with Gasteiger partial charge in [-0.05, 0) is 44.1 Å². The second-order valence-corrected chi connectivity index (χ2v) is 6.53. The van der Waals surface area contributed by atoms with E-state index < -0.39 is 0 Å². The topological polar surface area (TPSA) is 32.5 Å². The maximum absolute atomic E-state index is 6.40. The number of likely N-dealkylation sites (N-methyl/N-ethyl adjacent to an activating group) is 1. The Labute approximate surface area is 131 Å². The molecule has 1 atom stereocenters. The Balaban J connectivity index is 2.60. The molecule has 21 heavy (non-hydrogen) atoms. The van der Waals surface area contributed by atoms with Crippen LogP contribution in [-0.2, 0) is 0 Å². The van der Waals surface area contributed by atoms with Crippen molar-refractivity contribution in [1.82, 2.24) is 9.80 Å². The molecule has 1 rings (SSSR count). The maximum atomic E-state index is 6.40. The summed E-state index contributed by atoms with van der Waals surface area (Å²) in [5.41, 5.74) is 9.02. The average Bonchev–Trinajstić information content (AvgIpc) is 2.45. The Bertz CT molecular complexity index is 384. The highest BCUT2D eigenvalue weighted by Gasteiger charge is 2.12. The Morgan fingerprint density at radius 2 is 1.52 bits per heavy atom. The number of rotatable bonds is 9. The highest BCUT2D eigenvalue weighted by atomic mass is 15.2. The van der Waals surface area contributed by atoms with Crippen molar-refractivity contribution in [3.05, 3.63) is 35.4 Å². The van der Waals surface area contributed by atoms with Crippen molar-refractivity contribution in [2.45, 2.75) is 39.2 Å². The summed E-state index contributed by atoms with van der Waals surface area (Å²) in [5.74, 6) is 0.576. The van der Waals surface area contributed by atoms with Crippen molar-refractivity contribution < 1.29 is 0 Å². The van der Waals surface area contributed by atoms with Crippen LogP contribution in [0.15, 0.2) is 24.3 Å². The monoisotopic (exact) mass is 291 g/mol. The van der Waals surface area contributed by atoms with Gasteiger partial charge in [0.1, 0.15) is 0 Å². The molecule has 0 bridgehead atoms. The fraction of sp³-hybridized carbons (Fsp3) is 0.667. The second-order valence-electron chi connectivity index (χ2n) is 6.53. The summed E-state index contributed by atoms with van der Waals surface area (Å²) >= 11 is 0. The molecule has 0 heterocycles. The van der Waals surface area contributed by atoms with Crippen LogP contribution in [0.4, 0.5) is 0 Å². The highest BCUT2D eigenvalue weighted by Crippen LogP contribution is 2.18. The van der Waals surface area contributed by atoms with Gasteiger partial charge in [0, 0.05) is 25.7 Å². The third-order valence-corrected chi connectivity index (χ3v) is 3.89. The molecule has 0 spiro atoms. The molecule has 120 valence electrons. The first-order valence-corrected chi connectivity index (χ1v) is 8.16. The maximum Gasteiger partial charge on any atom is 0.0424 e. The van der Waals surface area contributed by atoms with E-state index in [4.69, 9.17) is 5.73 Å². The summed E-state index contributed by atoms with van der Waals surface area (Å²) in [5, 5.41) is 0. The smallest absolute Gasteiger partial charge is 0.0424 e. The largest absolute Gasteiger partial charge is 0.323 e. The van der Waals surface area contributed by atoms with E-state index in [1.54, 1.807) is 0 Å². The molecule has 3 heteroatoms. The molecule has 0 aliphatic carbocycles. The van der Waals surface area contributed by atoms with Gasteiger partial charge in [-0.25, -0.2) is 0 Å². The van der Waals surface area contributed by atoms with E-state index >= 15 is 0 Å². The van der Waals surface area contributed by atoms with E-state index in [1.165, 1.54) is 17.5 Å². The van der Waals surface area contributed by atoms with Crippen LogP contribution >= 0.6 is 0 Å². The van der Waals surface area contributed by atoms with Crippen LogP contribution in [0.3, 0.4) is 0 Å². The fourth-order valence-corrected chi connectivity index (χ4v) is 2.46. The van der Waals surface area contributed by atoms with Crippen molar-refractivity contribution in [3.63, 3.8) is 0 Å². The minimum Gasteiger partial charge on any atom is -0.323 e. The normalized spacial score (nSPS) is 13.4. The molecule has 0 saturated heterocycles. The lowest BCUT2D eigenvalue weighted by molar-refractivity contribution is 0.229. The van der Waals surface area contributed by atoms with E-state index in [1.807, 2.05) is 0 Å². The summed E-state index contributed by atoms with van der Waals surface area (Å²) in [6.07, 6.45) is 1.17. The third kappa shape index (κ3) is 6.60. The van der Waals surface area contributed by atoms with E-state index in [-0.39, 0.29) is 6.04 Å². The highest BCUT2D eigenvalue weighted by molar-refractivity contribution is 5.26. The van der Waals surface area contributed by atoms with Gasteiger partial charge in [0.15, 0.2) is 0 Å². The van der Waals surface area contributed by atoms with Crippen molar-refractivity contribution in [3.8, 4) is 0 Å². The summed E-state index contributed by atoms with van der Waals surface area (Å²) in [6, 6.07) is 8.90. The van der Waals surface area contributed by atoms with Gasteiger partial charge < -0.3 is 15.5 Å². The van der Waals surface area contributed by atoms with Gasteiger partial charge in [-0.1, -0.05) is 45.0 Å². The van der Waals surface area contributed by atoms with Crippen molar-refractivity contribution in [1.29, 1.82) is 0 Å². The van der Waals surface area contributed by atoms with Crippen LogP contribution in [0.5, 0.6) is 0 Å². The Morgan fingerprint density at radius 3 is 2.00 bits per heavy atom. The van der Waals surface area contributed by atoms with Crippen LogP contribution in [-0.4, -0.2) is 50.1 Å². The van der Waals surface area contributed by atoms with Crippen LogP contribution in [0.1, 0.15) is 50.3 Å². The lowest BCUT2D eigenvalue weighted by Crippen LogP contribution is -2.37. The van der Waals surface area contributed by atoms with Crippen molar-refractivity contribution in [2.24, 2.45) is 5.73 Å². The molecule has 1 aromatic rings. The second kappa shape index (κ2) is 9.19. The van der Waals surface area contributed by atoms with Gasteiger partial charge in [-0.3, -0.25) is 0 Å². The summed E-state index contributed by atoms with van der Waals surface area (Å²) in [7, 11) is 4.24. The molecule has 0 aliphatic rings. The zero-order chi connectivity index (χ0) is 15.8. The Morgan fingerprint density at radius 1 is 0.952 bits per heavy atom. The van der Waals surface area contributed by atoms with Gasteiger partial charge in [-0.15, -0.1) is 0 Å². The summed E-state index contributed by atoms with van der Waals surface area (Å²) in [6.45, 7) is 10.9. The fourth-order valence-electron chi connectivity index (χ4n) is 2.46. The zero-order valence-corrected chi connectivity index (χ0v) is 14.5. The molecular weight excluding hydrogens is 258 g/mol. The molecule has 0 aromatic heterocycles. The quantitative estimate of drug-likeness (QED) is 0.759. The zero-order valence-electron chi connectivity index (χ0n) is 14.5. The molecule has 3 nitrogen and oxygen atoms in total. The van der Waals surface area contributed by atoms with Crippen molar-refractivity contribution in [2.75, 3.05) is 40.3 Å². The predicted octanol–water partition coefficient (Wildman–Crippen LogP) is 3.08. The van der Waals surface area contributed by atoms with E-state index in [2.05, 4.69) is 68.9 Å². The van der Waals surface area contributed by atoms with Gasteiger partial charge in [0.05, 0.1) is 0 Å². The molecule has 0 saturated carbocycles. The predicted molar refractivity (Wildman–Crippen MR) is 92.7 cm³/mol. The van der Waals surface area contributed by atoms with Crippen molar-refractivity contribution >= 4 is 0 Å². The molecule has 1 unspecified atom stereocenters. The third-order valence-electron chi connectivity index (χ3n) is 3.89. The number of benzene rings is 1. The Kier molecular flexibility index (Phi) is 7.94. The van der Waals surface area contributed by atoms with Gasteiger partial charge in [-0.2, -0.15) is 0 Å². The molecular formula is C18H33N3. The van der Waals surface area contributed by atoms with Crippen LogP contribution in [0.25, 0.3) is 0 Å². The minimum absolute atomic E-state index is 0.0972. The summed E-state index contributed by atoms with van der Waals surface area (Å²) in [4.78, 5) is 4.70. The first-order valence-electron chi connectivity index (χ1n) is 8.16. The van der Waals surface area contributed by atoms with Crippen LogP contribution < -0.4 is 5.73 Å².